The van der Waals surface area contributed by atoms with Gasteiger partial charge in [-0.1, -0.05) is 6.07 Å². The number of alkyl halides is 3. The highest BCUT2D eigenvalue weighted by molar-refractivity contribution is 6.18. The summed E-state index contributed by atoms with van der Waals surface area (Å²) in [6.45, 7) is -0.898. The van der Waals surface area contributed by atoms with Gasteiger partial charge in [-0.05, 0) is 12.1 Å². The highest BCUT2D eigenvalue weighted by atomic mass is 35.5. The second-order valence-corrected chi connectivity index (χ2v) is 4.03. The Morgan fingerprint density at radius 2 is 2.16 bits per heavy atom. The van der Waals surface area contributed by atoms with Crippen molar-refractivity contribution in [3.05, 3.63) is 29.6 Å². The van der Waals surface area contributed by atoms with Crippen molar-refractivity contribution in [2.24, 2.45) is 0 Å². The number of hydrogen-bond acceptors (Lipinski definition) is 2. The highest BCUT2D eigenvalue weighted by Crippen LogP contribution is 2.23. The van der Waals surface area contributed by atoms with E-state index in [1.165, 1.54) is 19.2 Å². The maximum atomic E-state index is 13.7. The molecule has 0 fully saturated rings. The number of hydrogen-bond donors (Lipinski definition) is 0. The van der Waals surface area contributed by atoms with Gasteiger partial charge in [-0.3, -0.25) is 4.79 Å². The van der Waals surface area contributed by atoms with Crippen LogP contribution in [-0.2, 0) is 0 Å². The third-order valence-electron chi connectivity index (χ3n) is 2.41. The third-order valence-corrected chi connectivity index (χ3v) is 2.58. The van der Waals surface area contributed by atoms with Crippen LogP contribution >= 0.6 is 11.6 Å². The van der Waals surface area contributed by atoms with Crippen LogP contribution in [0.1, 0.15) is 10.4 Å². The van der Waals surface area contributed by atoms with Crippen LogP contribution < -0.4 is 4.74 Å². The maximum Gasteiger partial charge on any atom is 0.260 e. The number of carbonyl (C=O) groups is 1. The second-order valence-electron chi connectivity index (χ2n) is 3.65. The molecule has 7 heteroatoms. The van der Waals surface area contributed by atoms with Crippen molar-refractivity contribution in [2.45, 2.75) is 6.43 Å². The molecule has 0 radical (unpaired) electrons. The van der Waals surface area contributed by atoms with Crippen LogP contribution in [0.25, 0.3) is 0 Å². The van der Waals surface area contributed by atoms with Gasteiger partial charge in [0.1, 0.15) is 17.1 Å². The second kappa shape index (κ2) is 7.23. The van der Waals surface area contributed by atoms with Gasteiger partial charge in [0.2, 0.25) is 0 Å². The summed E-state index contributed by atoms with van der Waals surface area (Å²) in [5.74, 6) is -1.71. The molecule has 0 N–H and O–H groups in total. The molecule has 19 heavy (non-hydrogen) atoms. The lowest BCUT2D eigenvalue weighted by Gasteiger charge is -2.22. The zero-order chi connectivity index (χ0) is 14.4. The molecule has 0 aliphatic heterocycles. The normalized spacial score (nSPS) is 10.6. The first-order valence-electron chi connectivity index (χ1n) is 5.47. The summed E-state index contributed by atoms with van der Waals surface area (Å²) in [5.41, 5.74) is -0.365. The summed E-state index contributed by atoms with van der Waals surface area (Å²) in [4.78, 5) is 12.9. The molecular weight excluding hydrogens is 283 g/mol. The fraction of sp³-hybridized carbons (Fsp3) is 0.417. The van der Waals surface area contributed by atoms with E-state index in [1.807, 2.05) is 0 Å². The lowest BCUT2D eigenvalue weighted by molar-refractivity contribution is 0.0564. The van der Waals surface area contributed by atoms with Crippen molar-refractivity contribution in [3.63, 3.8) is 0 Å². The van der Waals surface area contributed by atoms with Gasteiger partial charge in [0.25, 0.3) is 12.3 Å². The molecular formula is C12H13ClF3NO2. The quantitative estimate of drug-likeness (QED) is 0.755. The van der Waals surface area contributed by atoms with E-state index in [-0.39, 0.29) is 23.7 Å². The summed E-state index contributed by atoms with van der Waals surface area (Å²) in [7, 11) is 1.27. The van der Waals surface area contributed by atoms with Crippen molar-refractivity contribution in [1.29, 1.82) is 0 Å². The van der Waals surface area contributed by atoms with E-state index in [4.69, 9.17) is 16.3 Å². The highest BCUT2D eigenvalue weighted by Gasteiger charge is 2.25. The Morgan fingerprint density at radius 3 is 2.68 bits per heavy atom. The molecule has 106 valence electrons. The number of nitrogens with zero attached hydrogens (tertiary/aromatic N) is 1. The monoisotopic (exact) mass is 295 g/mol. The molecule has 0 saturated heterocycles. The Kier molecular flexibility index (Phi) is 5.95. The predicted molar refractivity (Wildman–Crippen MR) is 65.6 cm³/mol. The van der Waals surface area contributed by atoms with Crippen LogP contribution in [0.15, 0.2) is 18.2 Å². The van der Waals surface area contributed by atoms with Gasteiger partial charge in [0.15, 0.2) is 0 Å². The van der Waals surface area contributed by atoms with E-state index in [2.05, 4.69) is 0 Å². The van der Waals surface area contributed by atoms with Gasteiger partial charge >= 0.3 is 0 Å². The van der Waals surface area contributed by atoms with Gasteiger partial charge in [-0.25, -0.2) is 13.2 Å². The van der Waals surface area contributed by atoms with Crippen LogP contribution in [0.3, 0.4) is 0 Å². The molecule has 1 amide bonds. The summed E-state index contributed by atoms with van der Waals surface area (Å²) >= 11 is 5.46. The molecule has 0 atom stereocenters. The first-order valence-corrected chi connectivity index (χ1v) is 6.00. The average molecular weight is 296 g/mol. The van der Waals surface area contributed by atoms with Crippen LogP contribution in [0.4, 0.5) is 13.2 Å². The van der Waals surface area contributed by atoms with Crippen molar-refractivity contribution < 1.29 is 22.7 Å². The number of benzene rings is 1. The van der Waals surface area contributed by atoms with E-state index in [9.17, 15) is 18.0 Å². The van der Waals surface area contributed by atoms with E-state index >= 15 is 0 Å². The van der Waals surface area contributed by atoms with Gasteiger partial charge in [0.05, 0.1) is 13.7 Å². The summed E-state index contributed by atoms with van der Waals surface area (Å²) in [5, 5.41) is 0. The topological polar surface area (TPSA) is 29.5 Å². The molecule has 1 rings (SSSR count). The predicted octanol–water partition coefficient (Wildman–Crippen LogP) is 2.78. The molecule has 1 aromatic carbocycles. The number of methoxy groups -OCH3 is 1. The van der Waals surface area contributed by atoms with E-state index in [0.717, 1.165) is 11.0 Å². The van der Waals surface area contributed by atoms with Crippen molar-refractivity contribution in [3.8, 4) is 5.75 Å². The smallest absolute Gasteiger partial charge is 0.260 e. The Balaban J connectivity index is 3.08. The van der Waals surface area contributed by atoms with Crippen molar-refractivity contribution >= 4 is 17.5 Å². The fourth-order valence-electron chi connectivity index (χ4n) is 1.58. The summed E-state index contributed by atoms with van der Waals surface area (Å²) in [6, 6.07) is 3.82. The lowest BCUT2D eigenvalue weighted by Crippen LogP contribution is -2.37. The SMILES string of the molecule is COc1cccc(F)c1C(=O)N(CCCl)CC(F)F. The van der Waals surface area contributed by atoms with Crippen LogP contribution in [0.2, 0.25) is 0 Å². The molecule has 0 aromatic heterocycles. The van der Waals surface area contributed by atoms with Crippen LogP contribution in [0, 0.1) is 5.82 Å². The van der Waals surface area contributed by atoms with Gasteiger partial charge in [-0.15, -0.1) is 11.6 Å². The lowest BCUT2D eigenvalue weighted by atomic mass is 10.1. The largest absolute Gasteiger partial charge is 0.496 e. The van der Waals surface area contributed by atoms with E-state index < -0.39 is 24.7 Å². The molecule has 0 aliphatic carbocycles. The standard InChI is InChI=1S/C12H13ClF3NO2/c1-19-9-4-2-3-8(14)11(9)12(18)17(6-5-13)7-10(15)16/h2-4,10H,5-7H2,1H3. The Labute approximate surface area is 113 Å². The average Bonchev–Trinajstić information content (AvgIpc) is 2.36. The molecule has 1 aromatic rings. The van der Waals surface area contributed by atoms with Gasteiger partial charge in [0, 0.05) is 12.4 Å². The summed E-state index contributed by atoms with van der Waals surface area (Å²) < 4.78 is 43.4. The minimum atomic E-state index is -2.72. The minimum absolute atomic E-state index is 0.00108. The van der Waals surface area contributed by atoms with Gasteiger partial charge in [-0.2, -0.15) is 0 Å². The Morgan fingerprint density at radius 1 is 1.47 bits per heavy atom. The fourth-order valence-corrected chi connectivity index (χ4v) is 1.79. The molecule has 0 unspecified atom stereocenters. The molecule has 3 nitrogen and oxygen atoms in total. The maximum absolute atomic E-state index is 13.7. The first kappa shape index (κ1) is 15.6. The molecule has 0 aliphatic rings. The molecule has 0 spiro atoms. The zero-order valence-electron chi connectivity index (χ0n) is 10.2. The number of ether oxygens (including phenoxy) is 1. The van der Waals surface area contributed by atoms with E-state index in [0.29, 0.717) is 0 Å². The minimum Gasteiger partial charge on any atom is -0.496 e. The number of amides is 1. The first-order chi connectivity index (χ1) is 9.01. The van der Waals surface area contributed by atoms with Gasteiger partial charge < -0.3 is 9.64 Å². The summed E-state index contributed by atoms with van der Waals surface area (Å²) in [6.07, 6.45) is -2.72. The van der Waals surface area contributed by atoms with Crippen molar-refractivity contribution in [1.82, 2.24) is 4.90 Å². The molecule has 0 heterocycles. The zero-order valence-corrected chi connectivity index (χ0v) is 11.0. The van der Waals surface area contributed by atoms with E-state index in [1.54, 1.807) is 0 Å². The number of rotatable bonds is 6. The molecule has 0 saturated carbocycles. The van der Waals surface area contributed by atoms with Crippen molar-refractivity contribution in [2.75, 3.05) is 26.1 Å². The van der Waals surface area contributed by atoms with Crippen LogP contribution in [0.5, 0.6) is 5.75 Å². The Hall–Kier alpha value is -1.43. The molecule has 0 bridgehead atoms. The number of carbonyl (C=O) groups excluding carboxylic acids is 1. The number of halogens is 4. The third kappa shape index (κ3) is 4.02. The Bertz CT molecular complexity index is 443. The van der Waals surface area contributed by atoms with Crippen LogP contribution in [-0.4, -0.2) is 43.3 Å².